The number of amides is 2. The van der Waals surface area contributed by atoms with Crippen molar-refractivity contribution in [2.45, 2.75) is 12.6 Å². The second kappa shape index (κ2) is 11.2. The number of alkyl halides is 3. The molecule has 0 saturated carbocycles. The average Bonchev–Trinajstić information content (AvgIpc) is 2.83. The van der Waals surface area contributed by atoms with E-state index in [2.05, 4.69) is 10.6 Å². The molecule has 2 N–H and O–H groups in total. The van der Waals surface area contributed by atoms with E-state index in [1.165, 1.54) is 19.2 Å². The van der Waals surface area contributed by atoms with Crippen LogP contribution < -0.4 is 20.1 Å². The van der Waals surface area contributed by atoms with E-state index >= 15 is 0 Å². The minimum atomic E-state index is -4.37. The zero-order chi connectivity index (χ0) is 24.6. The summed E-state index contributed by atoms with van der Waals surface area (Å²) in [6.45, 7) is 0.0583. The van der Waals surface area contributed by atoms with Crippen molar-refractivity contribution >= 4 is 17.5 Å². The maximum absolute atomic E-state index is 12.6. The van der Waals surface area contributed by atoms with E-state index in [-0.39, 0.29) is 25.0 Å². The summed E-state index contributed by atoms with van der Waals surface area (Å²) in [5.74, 6) is 0.363. The first-order chi connectivity index (χ1) is 16.2. The Morgan fingerprint density at radius 1 is 0.912 bits per heavy atom. The van der Waals surface area contributed by atoms with Crippen molar-refractivity contribution < 1.29 is 32.2 Å². The molecule has 0 aliphatic rings. The molecule has 6 nitrogen and oxygen atoms in total. The molecule has 0 bridgehead atoms. The van der Waals surface area contributed by atoms with Gasteiger partial charge in [0.15, 0.2) is 6.61 Å². The van der Waals surface area contributed by atoms with Crippen molar-refractivity contribution in [3.8, 4) is 11.5 Å². The fraction of sp³-hybridized carbons (Fsp3) is 0.200. The van der Waals surface area contributed by atoms with Crippen molar-refractivity contribution in [1.82, 2.24) is 5.32 Å². The lowest BCUT2D eigenvalue weighted by Crippen LogP contribution is -2.25. The second-order valence-electron chi connectivity index (χ2n) is 7.29. The molecule has 0 unspecified atom stereocenters. The molecule has 3 aromatic carbocycles. The Hall–Kier alpha value is -4.01. The highest BCUT2D eigenvalue weighted by molar-refractivity contribution is 5.94. The van der Waals surface area contributed by atoms with E-state index in [1.807, 2.05) is 0 Å². The number of benzene rings is 3. The van der Waals surface area contributed by atoms with E-state index in [0.29, 0.717) is 34.7 Å². The third-order valence-electron chi connectivity index (χ3n) is 4.82. The Morgan fingerprint density at radius 3 is 2.26 bits per heavy atom. The van der Waals surface area contributed by atoms with Gasteiger partial charge < -0.3 is 20.1 Å². The summed E-state index contributed by atoms with van der Waals surface area (Å²) < 4.78 is 48.4. The van der Waals surface area contributed by atoms with Crippen LogP contribution in [0.4, 0.5) is 18.9 Å². The molecule has 2 amide bonds. The molecule has 0 spiro atoms. The number of hydrogen-bond acceptors (Lipinski definition) is 4. The van der Waals surface area contributed by atoms with Crippen LogP contribution in [0.15, 0.2) is 72.8 Å². The Labute approximate surface area is 194 Å². The van der Waals surface area contributed by atoms with Gasteiger partial charge in [-0.05, 0) is 60.5 Å². The number of hydrogen-bond donors (Lipinski definition) is 2. The van der Waals surface area contributed by atoms with Gasteiger partial charge in [-0.25, -0.2) is 0 Å². The molecular weight excluding hydrogens is 449 g/mol. The molecule has 9 heteroatoms. The average molecular weight is 472 g/mol. The number of methoxy groups -OCH3 is 1. The van der Waals surface area contributed by atoms with E-state index in [1.54, 1.807) is 48.5 Å². The number of rotatable bonds is 9. The molecular formula is C25H23F3N2O4. The van der Waals surface area contributed by atoms with E-state index < -0.39 is 11.7 Å². The minimum absolute atomic E-state index is 0.212. The zero-order valence-corrected chi connectivity index (χ0v) is 18.3. The first-order valence-corrected chi connectivity index (χ1v) is 10.4. The molecule has 34 heavy (non-hydrogen) atoms. The monoisotopic (exact) mass is 472 g/mol. The van der Waals surface area contributed by atoms with Crippen LogP contribution >= 0.6 is 0 Å². The second-order valence-corrected chi connectivity index (χ2v) is 7.29. The van der Waals surface area contributed by atoms with Crippen molar-refractivity contribution in [3.63, 3.8) is 0 Å². The van der Waals surface area contributed by atoms with Crippen LogP contribution in [0.3, 0.4) is 0 Å². The van der Waals surface area contributed by atoms with Crippen LogP contribution in [0.1, 0.15) is 21.5 Å². The van der Waals surface area contributed by atoms with E-state index in [4.69, 9.17) is 9.47 Å². The normalized spacial score (nSPS) is 10.9. The first-order valence-electron chi connectivity index (χ1n) is 10.4. The first kappa shape index (κ1) is 24.6. The van der Waals surface area contributed by atoms with Crippen molar-refractivity contribution in [2.75, 3.05) is 25.6 Å². The van der Waals surface area contributed by atoms with Gasteiger partial charge in [-0.15, -0.1) is 0 Å². The topological polar surface area (TPSA) is 76.7 Å². The molecule has 3 aromatic rings. The Balaban J connectivity index is 1.42. The molecule has 0 heterocycles. The summed E-state index contributed by atoms with van der Waals surface area (Å²) in [5.41, 5.74) is 0.946. The predicted octanol–water partition coefficient (Wildman–Crippen LogP) is 4.70. The van der Waals surface area contributed by atoms with Gasteiger partial charge in [-0.3, -0.25) is 9.59 Å². The van der Waals surface area contributed by atoms with Gasteiger partial charge in [0.1, 0.15) is 11.5 Å². The smallest absolute Gasteiger partial charge is 0.416 e. The number of carbonyl (C=O) groups excluding carboxylic acids is 2. The van der Waals surface area contributed by atoms with Crippen LogP contribution in [0.5, 0.6) is 11.5 Å². The fourth-order valence-corrected chi connectivity index (χ4v) is 3.03. The Kier molecular flexibility index (Phi) is 8.13. The summed E-state index contributed by atoms with van der Waals surface area (Å²) in [4.78, 5) is 24.3. The number of ether oxygens (including phenoxy) is 2. The predicted molar refractivity (Wildman–Crippen MR) is 121 cm³/mol. The lowest BCUT2D eigenvalue weighted by Gasteiger charge is -2.10. The highest BCUT2D eigenvalue weighted by atomic mass is 19.4. The molecule has 178 valence electrons. The number of halogens is 3. The van der Waals surface area contributed by atoms with Gasteiger partial charge in [0.25, 0.3) is 11.8 Å². The number of carbonyl (C=O) groups is 2. The molecule has 3 rings (SSSR count). The van der Waals surface area contributed by atoms with E-state index in [0.717, 1.165) is 12.1 Å². The minimum Gasteiger partial charge on any atom is -0.497 e. The highest BCUT2D eigenvalue weighted by Gasteiger charge is 2.29. The molecule has 0 aromatic heterocycles. The Bertz CT molecular complexity index is 1110. The van der Waals surface area contributed by atoms with Gasteiger partial charge >= 0.3 is 6.18 Å². The van der Waals surface area contributed by atoms with Gasteiger partial charge in [0.05, 0.1) is 12.7 Å². The summed E-state index contributed by atoms with van der Waals surface area (Å²) >= 11 is 0. The largest absolute Gasteiger partial charge is 0.497 e. The maximum Gasteiger partial charge on any atom is 0.416 e. The van der Waals surface area contributed by atoms with E-state index in [9.17, 15) is 22.8 Å². The lowest BCUT2D eigenvalue weighted by molar-refractivity contribution is -0.137. The van der Waals surface area contributed by atoms with Gasteiger partial charge in [0.2, 0.25) is 0 Å². The summed E-state index contributed by atoms with van der Waals surface area (Å²) in [6.07, 6.45) is -3.98. The Morgan fingerprint density at radius 2 is 1.62 bits per heavy atom. The van der Waals surface area contributed by atoms with Gasteiger partial charge in [-0.2, -0.15) is 13.2 Å². The molecule has 0 aliphatic heterocycles. The molecule has 0 aliphatic carbocycles. The molecule has 0 atom stereocenters. The maximum atomic E-state index is 12.6. The van der Waals surface area contributed by atoms with Crippen molar-refractivity contribution in [1.29, 1.82) is 0 Å². The van der Waals surface area contributed by atoms with Crippen LogP contribution in [0.25, 0.3) is 0 Å². The van der Waals surface area contributed by atoms with Gasteiger partial charge in [-0.1, -0.05) is 18.2 Å². The van der Waals surface area contributed by atoms with Crippen LogP contribution in [-0.2, 0) is 17.4 Å². The summed E-state index contributed by atoms with van der Waals surface area (Å²) in [6, 6.07) is 18.0. The number of nitrogens with one attached hydrogen (secondary N) is 2. The molecule has 0 saturated heterocycles. The lowest BCUT2D eigenvalue weighted by atomic mass is 10.1. The van der Waals surface area contributed by atoms with Crippen LogP contribution in [0, 0.1) is 0 Å². The SMILES string of the molecule is COc1cccc(NC(=O)COc2ccc(C(=O)NCCc3ccc(C(F)(F)F)cc3)cc2)c1. The molecule has 0 radical (unpaired) electrons. The van der Waals surface area contributed by atoms with Crippen molar-refractivity contribution in [3.05, 3.63) is 89.5 Å². The summed E-state index contributed by atoms with van der Waals surface area (Å²) in [7, 11) is 1.54. The zero-order valence-electron chi connectivity index (χ0n) is 18.3. The number of anilines is 1. The third-order valence-corrected chi connectivity index (χ3v) is 4.82. The van der Waals surface area contributed by atoms with Crippen LogP contribution in [-0.4, -0.2) is 32.1 Å². The van der Waals surface area contributed by atoms with Crippen LogP contribution in [0.2, 0.25) is 0 Å². The summed E-state index contributed by atoms with van der Waals surface area (Å²) in [5, 5.41) is 5.42. The van der Waals surface area contributed by atoms with Crippen molar-refractivity contribution in [2.24, 2.45) is 0 Å². The third kappa shape index (κ3) is 7.26. The quantitative estimate of drug-likeness (QED) is 0.473. The van der Waals surface area contributed by atoms with Gasteiger partial charge in [0, 0.05) is 23.9 Å². The highest BCUT2D eigenvalue weighted by Crippen LogP contribution is 2.29. The standard InChI is InChI=1S/C25H23F3N2O4/c1-33-22-4-2-3-20(15-22)30-23(31)16-34-21-11-7-18(8-12-21)24(32)29-14-13-17-5-9-19(10-6-17)25(26,27)28/h2-12,15H,13-14,16H2,1H3,(H,29,32)(H,30,31). The molecule has 0 fully saturated rings. The fourth-order valence-electron chi connectivity index (χ4n) is 3.03.